The molecular formula is C15H12BrClO2. The molecule has 0 saturated carbocycles. The summed E-state index contributed by atoms with van der Waals surface area (Å²) in [5.41, 5.74) is 1.85. The quantitative estimate of drug-likeness (QED) is 0.819. The van der Waals surface area contributed by atoms with Crippen molar-refractivity contribution in [1.29, 1.82) is 0 Å². The lowest BCUT2D eigenvalue weighted by Crippen LogP contribution is -2.19. The van der Waals surface area contributed by atoms with Crippen molar-refractivity contribution in [2.75, 3.05) is 0 Å². The smallest absolute Gasteiger partial charge is 0.128 e. The van der Waals surface area contributed by atoms with Gasteiger partial charge in [0, 0.05) is 27.0 Å². The predicted molar refractivity (Wildman–Crippen MR) is 78.5 cm³/mol. The van der Waals surface area contributed by atoms with Crippen molar-refractivity contribution < 1.29 is 9.84 Å². The molecule has 19 heavy (non-hydrogen) atoms. The summed E-state index contributed by atoms with van der Waals surface area (Å²) in [6.45, 7) is 0. The van der Waals surface area contributed by atoms with E-state index in [2.05, 4.69) is 15.9 Å². The average Bonchev–Trinajstić information content (AvgIpc) is 2.38. The molecule has 2 atom stereocenters. The molecule has 0 radical (unpaired) electrons. The van der Waals surface area contributed by atoms with Crippen LogP contribution in [0.5, 0.6) is 5.75 Å². The normalized spacial score (nSPS) is 21.6. The highest BCUT2D eigenvalue weighted by Crippen LogP contribution is 2.42. The fraction of sp³-hybridized carbons (Fsp3) is 0.200. The van der Waals surface area contributed by atoms with Gasteiger partial charge in [-0.15, -0.1) is 0 Å². The molecule has 1 N–H and O–H groups in total. The first kappa shape index (κ1) is 13.0. The van der Waals surface area contributed by atoms with Crippen LogP contribution in [-0.4, -0.2) is 5.11 Å². The van der Waals surface area contributed by atoms with E-state index in [1.54, 1.807) is 0 Å². The second kappa shape index (κ2) is 5.16. The summed E-state index contributed by atoms with van der Waals surface area (Å²) in [4.78, 5) is 0. The molecule has 98 valence electrons. The summed E-state index contributed by atoms with van der Waals surface area (Å²) in [6.07, 6.45) is -0.133. The van der Waals surface area contributed by atoms with Gasteiger partial charge in [-0.3, -0.25) is 0 Å². The molecule has 0 aromatic heterocycles. The molecule has 2 aromatic rings. The summed E-state index contributed by atoms with van der Waals surface area (Å²) in [5.74, 6) is 0.744. The van der Waals surface area contributed by atoms with Gasteiger partial charge >= 0.3 is 0 Å². The average molecular weight is 340 g/mol. The Morgan fingerprint density at radius 2 is 1.95 bits per heavy atom. The van der Waals surface area contributed by atoms with E-state index >= 15 is 0 Å². The molecule has 2 unspecified atom stereocenters. The topological polar surface area (TPSA) is 29.5 Å². The highest BCUT2D eigenvalue weighted by molar-refractivity contribution is 9.10. The minimum Gasteiger partial charge on any atom is -0.485 e. The van der Waals surface area contributed by atoms with Gasteiger partial charge in [-0.05, 0) is 18.2 Å². The maximum Gasteiger partial charge on any atom is 0.128 e. The van der Waals surface area contributed by atoms with E-state index in [1.807, 2.05) is 42.5 Å². The Labute approximate surface area is 125 Å². The predicted octanol–water partition coefficient (Wildman–Crippen LogP) is 4.66. The zero-order valence-electron chi connectivity index (χ0n) is 10.0. The third-order valence-electron chi connectivity index (χ3n) is 3.29. The van der Waals surface area contributed by atoms with Crippen LogP contribution in [0, 0.1) is 0 Å². The number of aliphatic hydroxyl groups excluding tert-OH is 1. The molecule has 2 aromatic carbocycles. The third kappa shape index (κ3) is 2.50. The molecule has 1 aliphatic heterocycles. The zero-order valence-corrected chi connectivity index (χ0v) is 12.4. The highest BCUT2D eigenvalue weighted by Gasteiger charge is 2.28. The molecule has 0 amide bonds. The van der Waals surface area contributed by atoms with E-state index in [-0.39, 0.29) is 6.10 Å². The standard InChI is InChI=1S/C15H12BrClO2/c16-12-7-9(17)5-6-10(12)15-8-13(18)11-3-1-2-4-14(11)19-15/h1-7,13,15,18H,8H2. The van der Waals surface area contributed by atoms with Crippen LogP contribution in [0.15, 0.2) is 46.9 Å². The van der Waals surface area contributed by atoms with Crippen LogP contribution in [0.1, 0.15) is 29.8 Å². The van der Waals surface area contributed by atoms with Crippen molar-refractivity contribution in [3.05, 3.63) is 63.1 Å². The van der Waals surface area contributed by atoms with Crippen molar-refractivity contribution in [3.8, 4) is 5.75 Å². The van der Waals surface area contributed by atoms with Crippen molar-refractivity contribution in [2.45, 2.75) is 18.6 Å². The van der Waals surface area contributed by atoms with E-state index in [0.29, 0.717) is 11.4 Å². The van der Waals surface area contributed by atoms with Crippen LogP contribution in [0.25, 0.3) is 0 Å². The number of rotatable bonds is 1. The molecule has 0 saturated heterocycles. The summed E-state index contributed by atoms with van der Waals surface area (Å²) in [6, 6.07) is 13.2. The highest BCUT2D eigenvalue weighted by atomic mass is 79.9. The van der Waals surface area contributed by atoms with Crippen molar-refractivity contribution in [1.82, 2.24) is 0 Å². The van der Waals surface area contributed by atoms with Gasteiger partial charge in [0.15, 0.2) is 0 Å². The lowest BCUT2D eigenvalue weighted by molar-refractivity contribution is 0.0654. The third-order valence-corrected chi connectivity index (χ3v) is 4.22. The van der Waals surface area contributed by atoms with Crippen LogP contribution < -0.4 is 4.74 Å². The first-order valence-corrected chi connectivity index (χ1v) is 7.21. The summed E-state index contributed by atoms with van der Waals surface area (Å²) < 4.78 is 6.88. The first-order valence-electron chi connectivity index (χ1n) is 6.04. The van der Waals surface area contributed by atoms with Gasteiger partial charge in [-0.1, -0.05) is 51.8 Å². The number of aliphatic hydroxyl groups is 1. The lowest BCUT2D eigenvalue weighted by atomic mass is 9.95. The number of ether oxygens (including phenoxy) is 1. The van der Waals surface area contributed by atoms with Gasteiger partial charge in [0.05, 0.1) is 6.10 Å². The van der Waals surface area contributed by atoms with Gasteiger partial charge in [0.2, 0.25) is 0 Å². The minimum absolute atomic E-state index is 0.170. The van der Waals surface area contributed by atoms with Crippen LogP contribution in [0.4, 0.5) is 0 Å². The SMILES string of the molecule is OC1CC(c2ccc(Cl)cc2Br)Oc2ccccc21. The molecule has 1 heterocycles. The number of benzene rings is 2. The zero-order chi connectivity index (χ0) is 13.4. The Morgan fingerprint density at radius 3 is 2.74 bits per heavy atom. The molecule has 3 rings (SSSR count). The number of para-hydroxylation sites is 1. The number of hydrogen-bond donors (Lipinski definition) is 1. The Balaban J connectivity index is 1.97. The first-order chi connectivity index (χ1) is 9.15. The Hall–Kier alpha value is -1.03. The maximum atomic E-state index is 10.2. The minimum atomic E-state index is -0.502. The Bertz CT molecular complexity index is 615. The Morgan fingerprint density at radius 1 is 1.16 bits per heavy atom. The van der Waals surface area contributed by atoms with Crippen molar-refractivity contribution >= 4 is 27.5 Å². The van der Waals surface area contributed by atoms with E-state index in [9.17, 15) is 5.11 Å². The van der Waals surface area contributed by atoms with Gasteiger partial charge in [-0.2, -0.15) is 0 Å². The van der Waals surface area contributed by atoms with Crippen LogP contribution >= 0.6 is 27.5 Å². The fourth-order valence-corrected chi connectivity index (χ4v) is 3.29. The van der Waals surface area contributed by atoms with Gasteiger partial charge in [0.25, 0.3) is 0 Å². The van der Waals surface area contributed by atoms with Crippen LogP contribution in [0.3, 0.4) is 0 Å². The summed E-state index contributed by atoms with van der Waals surface area (Å²) >= 11 is 9.44. The fourth-order valence-electron chi connectivity index (χ4n) is 2.35. The van der Waals surface area contributed by atoms with Crippen LogP contribution in [0.2, 0.25) is 5.02 Å². The lowest BCUT2D eigenvalue weighted by Gasteiger charge is -2.30. The van der Waals surface area contributed by atoms with Gasteiger partial charge in [-0.25, -0.2) is 0 Å². The molecular weight excluding hydrogens is 328 g/mol. The van der Waals surface area contributed by atoms with E-state index in [4.69, 9.17) is 16.3 Å². The molecule has 0 spiro atoms. The van der Waals surface area contributed by atoms with Crippen LogP contribution in [-0.2, 0) is 0 Å². The maximum absolute atomic E-state index is 10.2. The molecule has 2 nitrogen and oxygen atoms in total. The summed E-state index contributed by atoms with van der Waals surface area (Å²) in [7, 11) is 0. The number of fused-ring (bicyclic) bond motifs is 1. The molecule has 0 fully saturated rings. The second-order valence-corrected chi connectivity index (χ2v) is 5.85. The number of halogens is 2. The van der Waals surface area contributed by atoms with Gasteiger partial charge in [0.1, 0.15) is 11.9 Å². The van der Waals surface area contributed by atoms with E-state index < -0.39 is 6.10 Å². The van der Waals surface area contributed by atoms with Crippen molar-refractivity contribution in [2.24, 2.45) is 0 Å². The molecule has 0 bridgehead atoms. The largest absolute Gasteiger partial charge is 0.485 e. The van der Waals surface area contributed by atoms with E-state index in [1.165, 1.54) is 0 Å². The summed E-state index contributed by atoms with van der Waals surface area (Å²) in [5, 5.41) is 10.9. The van der Waals surface area contributed by atoms with Crippen molar-refractivity contribution in [3.63, 3.8) is 0 Å². The monoisotopic (exact) mass is 338 g/mol. The second-order valence-electron chi connectivity index (χ2n) is 4.56. The molecule has 0 aliphatic carbocycles. The number of hydrogen-bond acceptors (Lipinski definition) is 2. The van der Waals surface area contributed by atoms with Gasteiger partial charge < -0.3 is 9.84 Å². The molecule has 1 aliphatic rings. The Kier molecular flexibility index (Phi) is 3.52. The van der Waals surface area contributed by atoms with E-state index in [0.717, 1.165) is 21.3 Å². The molecule has 4 heteroatoms.